The molecule has 0 spiro atoms. The Balaban J connectivity index is 1.94. The van der Waals surface area contributed by atoms with Gasteiger partial charge in [-0.05, 0) is 37.1 Å². The van der Waals surface area contributed by atoms with Crippen molar-refractivity contribution in [3.63, 3.8) is 0 Å². The Bertz CT molecular complexity index is 740. The molecule has 8 heteroatoms. The normalized spacial score (nSPS) is 20.7. The molecular formula is C21H25F3O5. The van der Waals surface area contributed by atoms with Crippen LogP contribution >= 0.6 is 0 Å². The van der Waals surface area contributed by atoms with Crippen LogP contribution in [0.3, 0.4) is 0 Å². The van der Waals surface area contributed by atoms with E-state index < -0.39 is 35.9 Å². The van der Waals surface area contributed by atoms with Gasteiger partial charge in [0, 0.05) is 12.0 Å². The molecule has 0 amide bonds. The Kier molecular flexibility index (Phi) is 7.84. The Morgan fingerprint density at radius 1 is 1.24 bits per heavy atom. The fraction of sp³-hybridized carbons (Fsp3) is 0.524. The zero-order valence-corrected chi connectivity index (χ0v) is 16.3. The van der Waals surface area contributed by atoms with Crippen LogP contribution in [0.25, 0.3) is 0 Å². The summed E-state index contributed by atoms with van der Waals surface area (Å²) < 4.78 is 48.1. The van der Waals surface area contributed by atoms with Gasteiger partial charge in [-0.25, -0.2) is 9.59 Å². The molecule has 0 bridgehead atoms. The number of unbranched alkanes of at least 4 members (excludes halogenated alkanes) is 4. The minimum atomic E-state index is -4.50. The van der Waals surface area contributed by atoms with Crippen molar-refractivity contribution in [1.29, 1.82) is 0 Å². The number of esters is 2. The molecule has 0 aromatic heterocycles. The van der Waals surface area contributed by atoms with Crippen molar-refractivity contribution in [2.24, 2.45) is 0 Å². The van der Waals surface area contributed by atoms with E-state index in [2.05, 4.69) is 6.92 Å². The number of benzene rings is 1. The number of hydrogen-bond donors (Lipinski definition) is 1. The van der Waals surface area contributed by atoms with Crippen LogP contribution in [-0.2, 0) is 20.4 Å². The summed E-state index contributed by atoms with van der Waals surface area (Å²) >= 11 is 0. The summed E-state index contributed by atoms with van der Waals surface area (Å²) in [5.74, 6) is -1.42. The van der Waals surface area contributed by atoms with Gasteiger partial charge in [-0.2, -0.15) is 13.2 Å². The van der Waals surface area contributed by atoms with Crippen LogP contribution in [0.4, 0.5) is 13.2 Å². The van der Waals surface area contributed by atoms with Gasteiger partial charge in [-0.1, -0.05) is 32.3 Å². The smallest absolute Gasteiger partial charge is 0.416 e. The predicted octanol–water partition coefficient (Wildman–Crippen LogP) is 4.44. The first-order valence-electron chi connectivity index (χ1n) is 9.58. The Morgan fingerprint density at radius 2 is 1.93 bits per heavy atom. The highest BCUT2D eigenvalue weighted by Crippen LogP contribution is 2.32. The molecule has 5 nitrogen and oxygen atoms in total. The summed E-state index contributed by atoms with van der Waals surface area (Å²) in [6, 6.07) is 3.60. The molecule has 1 fully saturated rings. The molecule has 1 aromatic carbocycles. The second kappa shape index (κ2) is 9.91. The molecule has 1 N–H and O–H groups in total. The zero-order chi connectivity index (χ0) is 21.5. The van der Waals surface area contributed by atoms with E-state index in [4.69, 9.17) is 9.47 Å². The van der Waals surface area contributed by atoms with Gasteiger partial charge in [0.05, 0.1) is 17.7 Å². The van der Waals surface area contributed by atoms with Gasteiger partial charge in [0.25, 0.3) is 0 Å². The summed E-state index contributed by atoms with van der Waals surface area (Å²) in [6.45, 7) is 1.18. The Morgan fingerprint density at radius 3 is 2.52 bits per heavy atom. The third-order valence-electron chi connectivity index (χ3n) is 4.73. The number of carbonyl (C=O) groups is 2. The summed E-state index contributed by atoms with van der Waals surface area (Å²) in [5, 5.41) is 9.68. The lowest BCUT2D eigenvalue weighted by Gasteiger charge is -2.24. The van der Waals surface area contributed by atoms with Crippen molar-refractivity contribution in [2.75, 3.05) is 13.2 Å². The number of allylic oxidation sites excluding steroid dienone is 1. The maximum absolute atomic E-state index is 12.6. The van der Waals surface area contributed by atoms with E-state index in [0.29, 0.717) is 5.57 Å². The molecule has 29 heavy (non-hydrogen) atoms. The molecule has 0 radical (unpaired) electrons. The van der Waals surface area contributed by atoms with E-state index in [-0.39, 0.29) is 18.6 Å². The summed E-state index contributed by atoms with van der Waals surface area (Å²) in [6.07, 6.45) is 2.34. The maximum atomic E-state index is 12.6. The number of aliphatic hydroxyl groups excluding tert-OH is 1. The van der Waals surface area contributed by atoms with Gasteiger partial charge in [-0.15, -0.1) is 0 Å². The number of alkyl halides is 3. The van der Waals surface area contributed by atoms with E-state index in [1.54, 1.807) is 6.08 Å². The second-order valence-corrected chi connectivity index (χ2v) is 7.14. The molecule has 1 aliphatic heterocycles. The fourth-order valence-corrected chi connectivity index (χ4v) is 3.01. The van der Waals surface area contributed by atoms with Crippen LogP contribution in [0.2, 0.25) is 0 Å². The van der Waals surface area contributed by atoms with E-state index in [1.807, 2.05) is 0 Å². The van der Waals surface area contributed by atoms with Crippen LogP contribution in [0.15, 0.2) is 35.9 Å². The largest absolute Gasteiger partial charge is 0.458 e. The summed E-state index contributed by atoms with van der Waals surface area (Å²) in [5.41, 5.74) is -1.88. The molecule has 1 saturated heterocycles. The standard InChI is InChI=1S/C21H25F3O5/c1-2-3-4-5-6-7-16-12-20(13-25,29-19(16)27)14-28-18(26)15-8-10-17(11-9-15)21(22,23)24/h7-11,25H,2-6,12-14H2,1H3/b16-7-. The van der Waals surface area contributed by atoms with Gasteiger partial charge in [0.15, 0.2) is 5.60 Å². The molecule has 0 saturated carbocycles. The quantitative estimate of drug-likeness (QED) is 0.368. The van der Waals surface area contributed by atoms with E-state index in [1.165, 1.54) is 0 Å². The molecule has 1 unspecified atom stereocenters. The molecule has 2 rings (SSSR count). The first kappa shape index (κ1) is 22.9. The number of halogens is 3. The average Bonchev–Trinajstić information content (AvgIpc) is 3.01. The van der Waals surface area contributed by atoms with Crippen LogP contribution in [0, 0.1) is 0 Å². The summed E-state index contributed by atoms with van der Waals surface area (Å²) in [4.78, 5) is 24.2. The number of aliphatic hydroxyl groups is 1. The van der Waals surface area contributed by atoms with E-state index in [9.17, 15) is 27.9 Å². The van der Waals surface area contributed by atoms with Crippen LogP contribution in [0.1, 0.15) is 61.4 Å². The van der Waals surface area contributed by atoms with Crippen LogP contribution in [0.5, 0.6) is 0 Å². The number of carbonyl (C=O) groups excluding carboxylic acids is 2. The molecular weight excluding hydrogens is 389 g/mol. The van der Waals surface area contributed by atoms with Crippen molar-refractivity contribution in [1.82, 2.24) is 0 Å². The van der Waals surface area contributed by atoms with Crippen LogP contribution in [-0.4, -0.2) is 35.9 Å². The average molecular weight is 414 g/mol. The lowest BCUT2D eigenvalue weighted by Crippen LogP contribution is -2.39. The molecule has 1 aromatic rings. The SMILES string of the molecule is CCCCCC/C=C1/CC(CO)(COC(=O)c2ccc(C(F)(F)F)cc2)OC1=O. The van der Waals surface area contributed by atoms with E-state index in [0.717, 1.165) is 56.4 Å². The third kappa shape index (κ3) is 6.32. The number of rotatable bonds is 9. The van der Waals surface area contributed by atoms with Crippen molar-refractivity contribution in [3.8, 4) is 0 Å². The Hall–Kier alpha value is -2.35. The van der Waals surface area contributed by atoms with Crippen LogP contribution < -0.4 is 0 Å². The maximum Gasteiger partial charge on any atom is 0.416 e. The minimum absolute atomic E-state index is 0.0675. The Labute approximate surface area is 167 Å². The zero-order valence-electron chi connectivity index (χ0n) is 16.3. The van der Waals surface area contributed by atoms with Crippen molar-refractivity contribution in [3.05, 3.63) is 47.0 Å². The molecule has 160 valence electrons. The van der Waals surface area contributed by atoms with Crippen molar-refractivity contribution >= 4 is 11.9 Å². The first-order chi connectivity index (χ1) is 13.7. The highest BCUT2D eigenvalue weighted by Gasteiger charge is 2.44. The van der Waals surface area contributed by atoms with E-state index >= 15 is 0 Å². The van der Waals surface area contributed by atoms with Gasteiger partial charge in [-0.3, -0.25) is 0 Å². The molecule has 1 aliphatic rings. The third-order valence-corrected chi connectivity index (χ3v) is 4.73. The van der Waals surface area contributed by atoms with Gasteiger partial charge < -0.3 is 14.6 Å². The summed E-state index contributed by atoms with van der Waals surface area (Å²) in [7, 11) is 0. The molecule has 1 atom stereocenters. The number of hydrogen-bond acceptors (Lipinski definition) is 5. The fourth-order valence-electron chi connectivity index (χ4n) is 3.01. The topological polar surface area (TPSA) is 72.8 Å². The highest BCUT2D eigenvalue weighted by atomic mass is 19.4. The van der Waals surface area contributed by atoms with Gasteiger partial charge >= 0.3 is 18.1 Å². The highest BCUT2D eigenvalue weighted by molar-refractivity contribution is 5.92. The molecule has 0 aliphatic carbocycles. The number of cyclic esters (lactones) is 1. The predicted molar refractivity (Wildman–Crippen MR) is 99.1 cm³/mol. The first-order valence-corrected chi connectivity index (χ1v) is 9.58. The number of ether oxygens (including phenoxy) is 2. The monoisotopic (exact) mass is 414 g/mol. The lowest BCUT2D eigenvalue weighted by atomic mass is 9.98. The second-order valence-electron chi connectivity index (χ2n) is 7.14. The minimum Gasteiger partial charge on any atom is -0.458 e. The lowest BCUT2D eigenvalue weighted by molar-refractivity contribution is -0.154. The van der Waals surface area contributed by atoms with Gasteiger partial charge in [0.2, 0.25) is 0 Å². The van der Waals surface area contributed by atoms with Crippen molar-refractivity contribution < 1.29 is 37.3 Å². The van der Waals surface area contributed by atoms with Crippen molar-refractivity contribution in [2.45, 2.75) is 57.2 Å². The van der Waals surface area contributed by atoms with Gasteiger partial charge in [0.1, 0.15) is 6.61 Å². The molecule has 1 heterocycles.